The Labute approximate surface area is 188 Å². The van der Waals surface area contributed by atoms with Gasteiger partial charge >= 0.3 is 0 Å². The van der Waals surface area contributed by atoms with E-state index in [1.165, 1.54) is 0 Å². The highest BCUT2D eigenvalue weighted by atomic mass is 16.5. The summed E-state index contributed by atoms with van der Waals surface area (Å²) < 4.78 is 5.85. The van der Waals surface area contributed by atoms with Gasteiger partial charge < -0.3 is 15.0 Å². The molecule has 0 saturated carbocycles. The molecule has 1 aliphatic heterocycles. The van der Waals surface area contributed by atoms with Crippen molar-refractivity contribution in [3.8, 4) is 16.9 Å². The molecule has 3 aromatic rings. The molecular weight excluding hydrogens is 402 g/mol. The van der Waals surface area contributed by atoms with E-state index in [-0.39, 0.29) is 11.8 Å². The van der Waals surface area contributed by atoms with E-state index in [4.69, 9.17) is 4.74 Å². The lowest BCUT2D eigenvalue weighted by Gasteiger charge is -2.36. The third kappa shape index (κ3) is 4.97. The Morgan fingerprint density at radius 1 is 1.06 bits per heavy atom. The normalized spacial score (nSPS) is 16.9. The van der Waals surface area contributed by atoms with E-state index in [1.807, 2.05) is 67.6 Å². The number of benzene rings is 2. The molecule has 0 spiro atoms. The van der Waals surface area contributed by atoms with Crippen molar-refractivity contribution in [2.45, 2.75) is 32.4 Å². The molecule has 2 unspecified atom stereocenters. The number of aryl methyl sites for hydroxylation is 1. The topological polar surface area (TPSA) is 71.5 Å². The van der Waals surface area contributed by atoms with E-state index in [1.54, 1.807) is 24.2 Å². The number of piperazine rings is 1. The van der Waals surface area contributed by atoms with Crippen LogP contribution >= 0.6 is 0 Å². The number of amides is 2. The number of pyridine rings is 1. The lowest BCUT2D eigenvalue weighted by molar-refractivity contribution is -0.147. The number of ether oxygens (including phenoxy) is 1. The Morgan fingerprint density at radius 2 is 1.72 bits per heavy atom. The van der Waals surface area contributed by atoms with Gasteiger partial charge in [0.2, 0.25) is 5.91 Å². The van der Waals surface area contributed by atoms with Crippen LogP contribution in [0.5, 0.6) is 5.75 Å². The van der Waals surface area contributed by atoms with Crippen LogP contribution in [0.2, 0.25) is 0 Å². The van der Waals surface area contributed by atoms with Crippen molar-refractivity contribution >= 4 is 11.8 Å². The molecule has 164 valence electrons. The predicted molar refractivity (Wildman–Crippen MR) is 123 cm³/mol. The molecular formula is C26H27N3O3. The van der Waals surface area contributed by atoms with Gasteiger partial charge in [0.15, 0.2) is 6.10 Å². The molecule has 2 amide bonds. The average Bonchev–Trinajstić information content (AvgIpc) is 2.82. The quantitative estimate of drug-likeness (QED) is 0.652. The van der Waals surface area contributed by atoms with Gasteiger partial charge in [0.25, 0.3) is 5.91 Å². The lowest BCUT2D eigenvalue weighted by Crippen LogP contribution is -2.60. The molecule has 4 rings (SSSR count). The van der Waals surface area contributed by atoms with Crippen molar-refractivity contribution in [3.05, 3.63) is 84.2 Å². The molecule has 1 N–H and O–H groups in total. The number of carbonyl (C=O) groups is 2. The van der Waals surface area contributed by atoms with Crippen LogP contribution in [0, 0.1) is 6.92 Å². The van der Waals surface area contributed by atoms with Crippen LogP contribution in [0.1, 0.15) is 18.1 Å². The zero-order valence-electron chi connectivity index (χ0n) is 18.3. The summed E-state index contributed by atoms with van der Waals surface area (Å²) in [4.78, 5) is 31.5. The summed E-state index contributed by atoms with van der Waals surface area (Å²) in [6.07, 6.45) is 3.30. The van der Waals surface area contributed by atoms with Crippen molar-refractivity contribution in [1.82, 2.24) is 15.2 Å². The molecule has 2 heterocycles. The number of rotatable bonds is 6. The lowest BCUT2D eigenvalue weighted by atomic mass is 9.99. The van der Waals surface area contributed by atoms with Gasteiger partial charge in [0.05, 0.1) is 0 Å². The Bertz CT molecular complexity index is 1070. The minimum Gasteiger partial charge on any atom is -0.481 e. The Morgan fingerprint density at radius 3 is 2.41 bits per heavy atom. The van der Waals surface area contributed by atoms with E-state index in [0.29, 0.717) is 25.3 Å². The monoisotopic (exact) mass is 429 g/mol. The second kappa shape index (κ2) is 9.64. The summed E-state index contributed by atoms with van der Waals surface area (Å²) in [6.45, 7) is 4.64. The maximum Gasteiger partial charge on any atom is 0.264 e. The SMILES string of the molecule is Cc1ccc(OC(C)C(=O)N2CCNC(=O)C2Cc2ccc(-c3ccncc3)cc2)cc1. The van der Waals surface area contributed by atoms with E-state index in [2.05, 4.69) is 10.3 Å². The number of nitrogens with zero attached hydrogens (tertiary/aromatic N) is 2. The van der Waals surface area contributed by atoms with Gasteiger partial charge in [-0.2, -0.15) is 0 Å². The smallest absolute Gasteiger partial charge is 0.264 e. The largest absolute Gasteiger partial charge is 0.481 e. The van der Waals surface area contributed by atoms with Gasteiger partial charge in [-0.15, -0.1) is 0 Å². The number of aromatic nitrogens is 1. The fraction of sp³-hybridized carbons (Fsp3) is 0.269. The maximum absolute atomic E-state index is 13.2. The number of hydrogen-bond acceptors (Lipinski definition) is 4. The van der Waals surface area contributed by atoms with Crippen molar-refractivity contribution in [3.63, 3.8) is 0 Å². The first-order valence-electron chi connectivity index (χ1n) is 10.8. The standard InChI is InChI=1S/C26H27N3O3/c1-18-3-9-23(10-4-18)32-19(2)26(31)29-16-15-28-25(30)24(29)17-20-5-7-21(8-6-20)22-11-13-27-14-12-22/h3-14,19,24H,15-17H2,1-2H3,(H,28,30). The first kappa shape index (κ1) is 21.6. The van der Waals surface area contributed by atoms with E-state index >= 15 is 0 Å². The summed E-state index contributed by atoms with van der Waals surface area (Å²) in [5.74, 6) is 0.324. The predicted octanol–water partition coefficient (Wildman–Crippen LogP) is 3.39. The van der Waals surface area contributed by atoms with E-state index < -0.39 is 12.1 Å². The van der Waals surface area contributed by atoms with Crippen molar-refractivity contribution < 1.29 is 14.3 Å². The molecule has 1 fully saturated rings. The molecule has 0 bridgehead atoms. The number of carbonyl (C=O) groups excluding carboxylic acids is 2. The summed E-state index contributed by atoms with van der Waals surface area (Å²) >= 11 is 0. The fourth-order valence-corrected chi connectivity index (χ4v) is 3.89. The minimum absolute atomic E-state index is 0.134. The highest BCUT2D eigenvalue weighted by Crippen LogP contribution is 2.21. The van der Waals surface area contributed by atoms with Crippen LogP contribution in [-0.2, 0) is 16.0 Å². The number of hydrogen-bond donors (Lipinski definition) is 1. The Kier molecular flexibility index (Phi) is 6.50. The highest BCUT2D eigenvalue weighted by molar-refractivity contribution is 5.90. The molecule has 1 aliphatic rings. The molecule has 6 nitrogen and oxygen atoms in total. The number of nitrogens with one attached hydrogen (secondary N) is 1. The maximum atomic E-state index is 13.2. The molecule has 32 heavy (non-hydrogen) atoms. The van der Waals surface area contributed by atoms with Crippen molar-refractivity contribution in [2.24, 2.45) is 0 Å². The Hall–Kier alpha value is -3.67. The average molecular weight is 430 g/mol. The van der Waals surface area contributed by atoms with Gasteiger partial charge in [-0.1, -0.05) is 42.0 Å². The molecule has 6 heteroatoms. The third-order valence-corrected chi connectivity index (χ3v) is 5.69. The van der Waals surface area contributed by atoms with E-state index in [9.17, 15) is 9.59 Å². The van der Waals surface area contributed by atoms with Gasteiger partial charge in [-0.3, -0.25) is 14.6 Å². The molecule has 0 aliphatic carbocycles. The van der Waals surface area contributed by atoms with Crippen LogP contribution in [0.15, 0.2) is 73.1 Å². The first-order chi connectivity index (χ1) is 15.5. The second-order valence-electron chi connectivity index (χ2n) is 8.05. The highest BCUT2D eigenvalue weighted by Gasteiger charge is 2.35. The zero-order valence-corrected chi connectivity index (χ0v) is 18.3. The van der Waals surface area contributed by atoms with Crippen LogP contribution in [-0.4, -0.2) is 46.9 Å². The van der Waals surface area contributed by atoms with Gasteiger partial charge in [0, 0.05) is 31.9 Å². The Balaban J connectivity index is 1.46. The molecule has 2 aromatic carbocycles. The fourth-order valence-electron chi connectivity index (χ4n) is 3.89. The van der Waals surface area contributed by atoms with Gasteiger partial charge in [-0.25, -0.2) is 0 Å². The van der Waals surface area contributed by atoms with Gasteiger partial charge in [-0.05, 0) is 54.8 Å². The molecule has 2 atom stereocenters. The summed E-state index contributed by atoms with van der Waals surface area (Å²) in [5.41, 5.74) is 4.28. The van der Waals surface area contributed by atoms with Crippen molar-refractivity contribution in [2.75, 3.05) is 13.1 Å². The summed E-state index contributed by atoms with van der Waals surface area (Å²) in [5, 5.41) is 2.89. The zero-order chi connectivity index (χ0) is 22.5. The molecule has 0 radical (unpaired) electrons. The van der Waals surface area contributed by atoms with Gasteiger partial charge in [0.1, 0.15) is 11.8 Å². The van der Waals surface area contributed by atoms with Crippen molar-refractivity contribution in [1.29, 1.82) is 0 Å². The van der Waals surface area contributed by atoms with E-state index in [0.717, 1.165) is 22.3 Å². The summed E-state index contributed by atoms with van der Waals surface area (Å²) in [7, 11) is 0. The summed E-state index contributed by atoms with van der Waals surface area (Å²) in [6, 6.07) is 19.0. The van der Waals surface area contributed by atoms with Crippen LogP contribution in [0.4, 0.5) is 0 Å². The second-order valence-corrected chi connectivity index (χ2v) is 8.05. The molecule has 1 saturated heterocycles. The third-order valence-electron chi connectivity index (χ3n) is 5.69. The van der Waals surface area contributed by atoms with Crippen LogP contribution in [0.3, 0.4) is 0 Å². The minimum atomic E-state index is -0.680. The van der Waals surface area contributed by atoms with Crippen LogP contribution in [0.25, 0.3) is 11.1 Å². The molecule has 1 aromatic heterocycles. The van der Waals surface area contributed by atoms with Crippen LogP contribution < -0.4 is 10.1 Å². The first-order valence-corrected chi connectivity index (χ1v) is 10.8.